The van der Waals surface area contributed by atoms with Gasteiger partial charge in [0.25, 0.3) is 5.91 Å². The van der Waals surface area contributed by atoms with Crippen LogP contribution in [0.2, 0.25) is 0 Å². The van der Waals surface area contributed by atoms with Crippen molar-refractivity contribution in [3.63, 3.8) is 0 Å². The van der Waals surface area contributed by atoms with Crippen LogP contribution < -0.4 is 15.0 Å². The second-order valence-corrected chi connectivity index (χ2v) is 7.76. The number of ether oxygens (including phenoxy) is 1. The highest BCUT2D eigenvalue weighted by molar-refractivity contribution is 5.94. The van der Waals surface area contributed by atoms with Gasteiger partial charge in [-0.3, -0.25) is 4.79 Å². The lowest BCUT2D eigenvalue weighted by atomic mass is 10.1. The van der Waals surface area contributed by atoms with Crippen molar-refractivity contribution in [1.29, 1.82) is 0 Å². The van der Waals surface area contributed by atoms with E-state index in [0.717, 1.165) is 55.5 Å². The second kappa shape index (κ2) is 10.1. The molecule has 1 aromatic heterocycles. The van der Waals surface area contributed by atoms with Crippen LogP contribution in [0.25, 0.3) is 0 Å². The van der Waals surface area contributed by atoms with Gasteiger partial charge in [0, 0.05) is 38.9 Å². The van der Waals surface area contributed by atoms with Crippen LogP contribution in [0, 0.1) is 0 Å². The number of pyridine rings is 1. The quantitative estimate of drug-likeness (QED) is 0.638. The molecule has 6 heteroatoms. The molecule has 6 nitrogen and oxygen atoms in total. The Morgan fingerprint density at radius 3 is 2.48 bits per heavy atom. The fourth-order valence-electron chi connectivity index (χ4n) is 3.55. The number of rotatable bonds is 7. The first kappa shape index (κ1) is 20.9. The summed E-state index contributed by atoms with van der Waals surface area (Å²) in [7, 11) is 2.13. The van der Waals surface area contributed by atoms with Crippen LogP contribution in [-0.4, -0.2) is 55.6 Å². The molecule has 0 saturated carbocycles. The first-order valence-electron chi connectivity index (χ1n) is 10.7. The SMILES string of the molecule is CN1CCN(c2ccc(C(=O)NCCc3cccc(Oc4ccccc4)c3)cn2)CC1. The summed E-state index contributed by atoms with van der Waals surface area (Å²) in [5, 5.41) is 2.98. The van der Waals surface area contributed by atoms with Gasteiger partial charge >= 0.3 is 0 Å². The standard InChI is InChI=1S/C25H28N4O2/c1-28-14-16-29(17-15-28)24-11-10-21(19-27-24)25(30)26-13-12-20-6-5-9-23(18-20)31-22-7-3-2-4-8-22/h2-11,18-19H,12-17H2,1H3,(H,26,30). The fraction of sp³-hybridized carbons (Fsp3) is 0.280. The Morgan fingerprint density at radius 2 is 1.74 bits per heavy atom. The molecule has 0 aliphatic carbocycles. The lowest BCUT2D eigenvalue weighted by Crippen LogP contribution is -2.44. The normalized spacial score (nSPS) is 14.3. The summed E-state index contributed by atoms with van der Waals surface area (Å²) >= 11 is 0. The highest BCUT2D eigenvalue weighted by Crippen LogP contribution is 2.22. The Morgan fingerprint density at radius 1 is 0.968 bits per heavy atom. The Hall–Kier alpha value is -3.38. The van der Waals surface area contributed by atoms with Crippen molar-refractivity contribution in [3.05, 3.63) is 84.1 Å². The molecule has 0 bridgehead atoms. The van der Waals surface area contributed by atoms with Crippen molar-refractivity contribution in [3.8, 4) is 11.5 Å². The van der Waals surface area contributed by atoms with E-state index in [2.05, 4.69) is 27.1 Å². The van der Waals surface area contributed by atoms with Gasteiger partial charge < -0.3 is 19.9 Å². The smallest absolute Gasteiger partial charge is 0.252 e. The molecule has 1 saturated heterocycles. The number of para-hydroxylation sites is 1. The predicted molar refractivity (Wildman–Crippen MR) is 123 cm³/mol. The number of carbonyl (C=O) groups excluding carboxylic acids is 1. The third-order valence-electron chi connectivity index (χ3n) is 5.41. The predicted octanol–water partition coefficient (Wildman–Crippen LogP) is 3.60. The van der Waals surface area contributed by atoms with Crippen molar-refractivity contribution in [2.45, 2.75) is 6.42 Å². The van der Waals surface area contributed by atoms with Gasteiger partial charge in [0.2, 0.25) is 0 Å². The number of nitrogens with one attached hydrogen (secondary N) is 1. The van der Waals surface area contributed by atoms with Crippen molar-refractivity contribution < 1.29 is 9.53 Å². The number of amides is 1. The Kier molecular flexibility index (Phi) is 6.79. The first-order valence-corrected chi connectivity index (χ1v) is 10.7. The molecule has 1 amide bonds. The van der Waals surface area contributed by atoms with Gasteiger partial charge in [0.05, 0.1) is 5.56 Å². The van der Waals surface area contributed by atoms with Crippen LogP contribution in [0.15, 0.2) is 72.9 Å². The zero-order chi connectivity index (χ0) is 21.5. The molecular formula is C25H28N4O2. The summed E-state index contributed by atoms with van der Waals surface area (Å²) < 4.78 is 5.88. The lowest BCUT2D eigenvalue weighted by Gasteiger charge is -2.33. The van der Waals surface area contributed by atoms with E-state index in [-0.39, 0.29) is 5.91 Å². The number of carbonyl (C=O) groups is 1. The van der Waals surface area contributed by atoms with Gasteiger partial charge in [0.1, 0.15) is 17.3 Å². The maximum atomic E-state index is 12.5. The second-order valence-electron chi connectivity index (χ2n) is 7.76. The van der Waals surface area contributed by atoms with Gasteiger partial charge in [0.15, 0.2) is 0 Å². The van der Waals surface area contributed by atoms with Crippen molar-refractivity contribution in [2.75, 3.05) is 44.7 Å². The van der Waals surface area contributed by atoms with Gasteiger partial charge in [-0.05, 0) is 55.4 Å². The molecule has 0 spiro atoms. The Labute approximate surface area is 183 Å². The maximum Gasteiger partial charge on any atom is 0.252 e. The lowest BCUT2D eigenvalue weighted by molar-refractivity contribution is 0.0954. The average Bonchev–Trinajstić information content (AvgIpc) is 2.81. The molecule has 4 rings (SSSR count). The van der Waals surface area contributed by atoms with Crippen molar-refractivity contribution in [2.24, 2.45) is 0 Å². The first-order chi connectivity index (χ1) is 15.2. The van der Waals surface area contributed by atoms with Crippen LogP contribution in [0.4, 0.5) is 5.82 Å². The average molecular weight is 417 g/mol. The van der Waals surface area contributed by atoms with Gasteiger partial charge in [-0.25, -0.2) is 4.98 Å². The highest BCUT2D eigenvalue weighted by Gasteiger charge is 2.15. The number of likely N-dealkylation sites (N-methyl/N-ethyl adjacent to an activating group) is 1. The van der Waals surface area contributed by atoms with Crippen LogP contribution in [-0.2, 0) is 6.42 Å². The zero-order valence-corrected chi connectivity index (χ0v) is 17.8. The molecule has 0 unspecified atom stereocenters. The minimum atomic E-state index is -0.103. The third-order valence-corrected chi connectivity index (χ3v) is 5.41. The van der Waals surface area contributed by atoms with E-state index >= 15 is 0 Å². The number of hydrogen-bond acceptors (Lipinski definition) is 5. The summed E-state index contributed by atoms with van der Waals surface area (Å²) in [5.74, 6) is 2.42. The fourth-order valence-corrected chi connectivity index (χ4v) is 3.55. The third kappa shape index (κ3) is 5.83. The molecule has 160 valence electrons. The molecule has 3 aromatic rings. The minimum Gasteiger partial charge on any atom is -0.457 e. The number of benzene rings is 2. The van der Waals surface area contributed by atoms with E-state index in [9.17, 15) is 4.79 Å². The summed E-state index contributed by atoms with van der Waals surface area (Å²) in [6.45, 7) is 4.53. The van der Waals surface area contributed by atoms with Crippen LogP contribution in [0.1, 0.15) is 15.9 Å². The summed E-state index contributed by atoms with van der Waals surface area (Å²) in [6, 6.07) is 21.4. The highest BCUT2D eigenvalue weighted by atomic mass is 16.5. The monoisotopic (exact) mass is 416 g/mol. The maximum absolute atomic E-state index is 12.5. The molecule has 2 aromatic carbocycles. The molecule has 1 aliphatic heterocycles. The number of piperazine rings is 1. The van der Waals surface area contributed by atoms with Gasteiger partial charge in [-0.1, -0.05) is 30.3 Å². The zero-order valence-electron chi connectivity index (χ0n) is 17.8. The number of anilines is 1. The van der Waals surface area contributed by atoms with E-state index < -0.39 is 0 Å². The number of hydrogen-bond donors (Lipinski definition) is 1. The van der Waals surface area contributed by atoms with E-state index in [1.807, 2.05) is 66.7 Å². The van der Waals surface area contributed by atoms with Crippen LogP contribution in [0.3, 0.4) is 0 Å². The summed E-state index contributed by atoms with van der Waals surface area (Å²) in [4.78, 5) is 21.5. The van der Waals surface area contributed by atoms with Gasteiger partial charge in [-0.15, -0.1) is 0 Å². The number of nitrogens with zero attached hydrogens (tertiary/aromatic N) is 3. The van der Waals surface area contributed by atoms with Crippen LogP contribution in [0.5, 0.6) is 11.5 Å². The molecule has 1 N–H and O–H groups in total. The molecule has 31 heavy (non-hydrogen) atoms. The Balaban J connectivity index is 1.27. The van der Waals surface area contributed by atoms with Crippen molar-refractivity contribution >= 4 is 11.7 Å². The van der Waals surface area contributed by atoms with E-state index in [4.69, 9.17) is 4.74 Å². The molecule has 0 atom stereocenters. The Bertz CT molecular complexity index is 984. The molecule has 2 heterocycles. The molecule has 1 aliphatic rings. The van der Waals surface area contributed by atoms with E-state index in [1.54, 1.807) is 6.20 Å². The van der Waals surface area contributed by atoms with Gasteiger partial charge in [-0.2, -0.15) is 0 Å². The summed E-state index contributed by atoms with van der Waals surface area (Å²) in [6.07, 6.45) is 2.39. The largest absolute Gasteiger partial charge is 0.457 e. The molecule has 0 radical (unpaired) electrons. The van der Waals surface area contributed by atoms with E-state index in [0.29, 0.717) is 12.1 Å². The molecule has 1 fully saturated rings. The summed E-state index contributed by atoms with van der Waals surface area (Å²) in [5.41, 5.74) is 1.69. The molecular weight excluding hydrogens is 388 g/mol. The topological polar surface area (TPSA) is 57.7 Å². The van der Waals surface area contributed by atoms with Crippen molar-refractivity contribution in [1.82, 2.24) is 15.2 Å². The van der Waals surface area contributed by atoms with E-state index in [1.165, 1.54) is 0 Å². The van der Waals surface area contributed by atoms with Crippen LogP contribution >= 0.6 is 0 Å². The minimum absolute atomic E-state index is 0.103. The number of aromatic nitrogens is 1.